The first-order valence-electron chi connectivity index (χ1n) is 5.13. The Balaban J connectivity index is 2.24. The van der Waals surface area contributed by atoms with Crippen LogP contribution in [0.3, 0.4) is 0 Å². The molecule has 0 bridgehead atoms. The summed E-state index contributed by atoms with van der Waals surface area (Å²) in [4.78, 5) is 9.99. The molecular formula is C11H18O2. The third kappa shape index (κ3) is 3.73. The summed E-state index contributed by atoms with van der Waals surface area (Å²) in [7, 11) is 0. The van der Waals surface area contributed by atoms with Crippen molar-refractivity contribution in [2.75, 3.05) is 0 Å². The van der Waals surface area contributed by atoms with Crippen LogP contribution in [0.1, 0.15) is 38.5 Å². The Labute approximate surface area is 79.6 Å². The molecule has 0 aromatic carbocycles. The van der Waals surface area contributed by atoms with Crippen LogP contribution in [0.15, 0.2) is 12.2 Å². The van der Waals surface area contributed by atoms with Crippen molar-refractivity contribution in [3.05, 3.63) is 12.2 Å². The largest absolute Gasteiger partial charge is 0.393 e. The highest BCUT2D eigenvalue weighted by atomic mass is 16.3. The lowest BCUT2D eigenvalue weighted by Crippen LogP contribution is -2.22. The Morgan fingerprint density at radius 3 is 2.62 bits per heavy atom. The summed E-state index contributed by atoms with van der Waals surface area (Å²) in [6.07, 6.45) is 10.5. The molecule has 13 heavy (non-hydrogen) atoms. The van der Waals surface area contributed by atoms with Crippen molar-refractivity contribution >= 4 is 6.29 Å². The molecule has 0 saturated heterocycles. The number of aldehydes is 1. The molecule has 0 aromatic rings. The molecule has 0 heterocycles. The van der Waals surface area contributed by atoms with E-state index in [9.17, 15) is 9.90 Å². The van der Waals surface area contributed by atoms with Gasteiger partial charge in [-0.1, -0.05) is 25.3 Å². The van der Waals surface area contributed by atoms with E-state index in [2.05, 4.69) is 0 Å². The second kappa shape index (κ2) is 5.92. The monoisotopic (exact) mass is 182 g/mol. The number of hydrogen-bond donors (Lipinski definition) is 1. The van der Waals surface area contributed by atoms with Crippen molar-refractivity contribution in [1.82, 2.24) is 0 Å². The molecule has 0 aromatic heterocycles. The average Bonchev–Trinajstić information content (AvgIpc) is 2.19. The molecule has 2 heteroatoms. The first-order chi connectivity index (χ1) is 6.34. The van der Waals surface area contributed by atoms with Gasteiger partial charge in [0.2, 0.25) is 0 Å². The molecule has 2 nitrogen and oxygen atoms in total. The van der Waals surface area contributed by atoms with Gasteiger partial charge in [0.15, 0.2) is 0 Å². The molecule has 0 aliphatic heterocycles. The second-order valence-electron chi connectivity index (χ2n) is 3.77. The van der Waals surface area contributed by atoms with Crippen LogP contribution in [-0.2, 0) is 4.79 Å². The Kier molecular flexibility index (Phi) is 4.76. The molecular weight excluding hydrogens is 164 g/mol. The second-order valence-corrected chi connectivity index (χ2v) is 3.77. The van der Waals surface area contributed by atoms with Crippen LogP contribution in [-0.4, -0.2) is 17.5 Å². The van der Waals surface area contributed by atoms with E-state index >= 15 is 0 Å². The van der Waals surface area contributed by atoms with Crippen molar-refractivity contribution < 1.29 is 9.90 Å². The van der Waals surface area contributed by atoms with E-state index in [4.69, 9.17) is 0 Å². The number of allylic oxidation sites excluding steroid dienone is 1. The lowest BCUT2D eigenvalue weighted by atomic mass is 9.84. The minimum Gasteiger partial charge on any atom is -0.393 e. The SMILES string of the molecule is O=C/C=C/CC(O)C1CCCCC1. The van der Waals surface area contributed by atoms with Crippen molar-refractivity contribution in [2.24, 2.45) is 5.92 Å². The van der Waals surface area contributed by atoms with E-state index in [1.54, 1.807) is 6.08 Å². The molecule has 1 unspecified atom stereocenters. The predicted octanol–water partition coefficient (Wildman–Crippen LogP) is 2.07. The zero-order valence-electron chi connectivity index (χ0n) is 7.98. The standard InChI is InChI=1S/C11H18O2/c12-9-5-4-8-11(13)10-6-2-1-3-7-10/h4-5,9-11,13H,1-3,6-8H2/b5-4+. The Bertz CT molecular complexity index is 169. The van der Waals surface area contributed by atoms with Crippen LogP contribution in [0.25, 0.3) is 0 Å². The Hall–Kier alpha value is -0.630. The van der Waals surface area contributed by atoms with Gasteiger partial charge in [-0.05, 0) is 31.3 Å². The minimum absolute atomic E-state index is 0.239. The molecule has 0 spiro atoms. The van der Waals surface area contributed by atoms with Gasteiger partial charge in [-0.3, -0.25) is 4.79 Å². The predicted molar refractivity (Wildman–Crippen MR) is 52.4 cm³/mol. The molecule has 74 valence electrons. The van der Waals surface area contributed by atoms with E-state index in [1.165, 1.54) is 25.3 Å². The fourth-order valence-electron chi connectivity index (χ4n) is 1.98. The zero-order valence-corrected chi connectivity index (χ0v) is 7.98. The van der Waals surface area contributed by atoms with E-state index in [0.29, 0.717) is 12.3 Å². The summed E-state index contributed by atoms with van der Waals surface area (Å²) < 4.78 is 0. The van der Waals surface area contributed by atoms with Gasteiger partial charge in [-0.2, -0.15) is 0 Å². The molecule has 1 aliphatic rings. The number of carbonyl (C=O) groups is 1. The van der Waals surface area contributed by atoms with E-state index in [1.807, 2.05) is 0 Å². The van der Waals surface area contributed by atoms with Gasteiger partial charge in [-0.25, -0.2) is 0 Å². The van der Waals surface area contributed by atoms with Gasteiger partial charge >= 0.3 is 0 Å². The molecule has 1 atom stereocenters. The first kappa shape index (κ1) is 10.5. The molecule has 1 rings (SSSR count). The van der Waals surface area contributed by atoms with Crippen LogP contribution in [0.4, 0.5) is 0 Å². The van der Waals surface area contributed by atoms with Crippen LogP contribution >= 0.6 is 0 Å². The third-order valence-electron chi connectivity index (χ3n) is 2.79. The maximum atomic E-state index is 9.99. The summed E-state index contributed by atoms with van der Waals surface area (Å²) >= 11 is 0. The van der Waals surface area contributed by atoms with Crippen molar-refractivity contribution in [3.63, 3.8) is 0 Å². The summed E-state index contributed by atoms with van der Waals surface area (Å²) in [6.45, 7) is 0. The number of aliphatic hydroxyl groups is 1. The molecule has 0 radical (unpaired) electrons. The fraction of sp³-hybridized carbons (Fsp3) is 0.727. The third-order valence-corrected chi connectivity index (χ3v) is 2.79. The number of rotatable bonds is 4. The van der Waals surface area contributed by atoms with Crippen LogP contribution in [0.5, 0.6) is 0 Å². The molecule has 0 amide bonds. The summed E-state index contributed by atoms with van der Waals surface area (Å²) in [6, 6.07) is 0. The number of hydrogen-bond acceptors (Lipinski definition) is 2. The average molecular weight is 182 g/mol. The van der Waals surface area contributed by atoms with E-state index < -0.39 is 0 Å². The Morgan fingerprint density at radius 2 is 2.00 bits per heavy atom. The van der Waals surface area contributed by atoms with Crippen LogP contribution in [0.2, 0.25) is 0 Å². The zero-order chi connectivity index (χ0) is 9.52. The van der Waals surface area contributed by atoms with Crippen molar-refractivity contribution in [2.45, 2.75) is 44.6 Å². The maximum absolute atomic E-state index is 9.99. The van der Waals surface area contributed by atoms with E-state index in [-0.39, 0.29) is 6.10 Å². The molecule has 1 saturated carbocycles. The lowest BCUT2D eigenvalue weighted by molar-refractivity contribution is -0.104. The quantitative estimate of drug-likeness (QED) is 0.534. The highest BCUT2D eigenvalue weighted by Gasteiger charge is 2.20. The van der Waals surface area contributed by atoms with E-state index in [0.717, 1.165) is 19.1 Å². The smallest absolute Gasteiger partial charge is 0.142 e. The van der Waals surface area contributed by atoms with Crippen LogP contribution < -0.4 is 0 Å². The van der Waals surface area contributed by atoms with Gasteiger partial charge < -0.3 is 5.11 Å². The maximum Gasteiger partial charge on any atom is 0.142 e. The van der Waals surface area contributed by atoms with Gasteiger partial charge in [0, 0.05) is 0 Å². The summed E-state index contributed by atoms with van der Waals surface area (Å²) in [5.74, 6) is 0.463. The summed E-state index contributed by atoms with van der Waals surface area (Å²) in [5, 5.41) is 9.73. The van der Waals surface area contributed by atoms with Gasteiger partial charge in [0.05, 0.1) is 6.10 Å². The molecule has 1 fully saturated rings. The summed E-state index contributed by atoms with van der Waals surface area (Å²) in [5.41, 5.74) is 0. The minimum atomic E-state index is -0.239. The van der Waals surface area contributed by atoms with Crippen molar-refractivity contribution in [3.8, 4) is 0 Å². The normalized spacial score (nSPS) is 21.9. The molecule has 1 N–H and O–H groups in total. The highest BCUT2D eigenvalue weighted by molar-refractivity contribution is 5.64. The first-order valence-corrected chi connectivity index (χ1v) is 5.13. The lowest BCUT2D eigenvalue weighted by Gasteiger charge is -2.25. The Morgan fingerprint density at radius 1 is 1.31 bits per heavy atom. The van der Waals surface area contributed by atoms with Gasteiger partial charge in [0.25, 0.3) is 0 Å². The molecule has 1 aliphatic carbocycles. The van der Waals surface area contributed by atoms with Crippen LogP contribution in [0, 0.1) is 5.92 Å². The number of aliphatic hydroxyl groups excluding tert-OH is 1. The fourth-order valence-corrected chi connectivity index (χ4v) is 1.98. The van der Waals surface area contributed by atoms with Crippen molar-refractivity contribution in [1.29, 1.82) is 0 Å². The topological polar surface area (TPSA) is 37.3 Å². The highest BCUT2D eigenvalue weighted by Crippen LogP contribution is 2.27. The number of carbonyl (C=O) groups excluding carboxylic acids is 1. The van der Waals surface area contributed by atoms with Gasteiger partial charge in [0.1, 0.15) is 6.29 Å². The van der Waals surface area contributed by atoms with Gasteiger partial charge in [-0.15, -0.1) is 0 Å².